The Labute approximate surface area is 142 Å². The lowest BCUT2D eigenvalue weighted by Crippen LogP contribution is -2.25. The maximum atomic E-state index is 12.1. The lowest BCUT2D eigenvalue weighted by Gasteiger charge is -2.19. The van der Waals surface area contributed by atoms with Gasteiger partial charge in [-0.1, -0.05) is 13.0 Å². The molecule has 0 aromatic carbocycles. The van der Waals surface area contributed by atoms with E-state index in [9.17, 15) is 14.7 Å². The van der Waals surface area contributed by atoms with Gasteiger partial charge in [0.2, 0.25) is 5.91 Å². The monoisotopic (exact) mass is 346 g/mol. The van der Waals surface area contributed by atoms with E-state index in [1.807, 2.05) is 17.5 Å². The van der Waals surface area contributed by atoms with Crippen LogP contribution in [0.15, 0.2) is 23.6 Å². The third kappa shape index (κ3) is 3.54. The van der Waals surface area contributed by atoms with Gasteiger partial charge in [0.05, 0.1) is 5.97 Å². The summed E-state index contributed by atoms with van der Waals surface area (Å²) in [7, 11) is 0. The van der Waals surface area contributed by atoms with E-state index in [1.165, 1.54) is 28.7 Å². The number of hydrogen-bond acceptors (Lipinski definition) is 5. The predicted octanol–water partition coefficient (Wildman–Crippen LogP) is 2.95. The summed E-state index contributed by atoms with van der Waals surface area (Å²) in [5, 5.41) is 16.5. The number of carboxylic acids is 1. The third-order valence-electron chi connectivity index (χ3n) is 3.89. The molecular formula is C17H16NO3S2-. The highest BCUT2D eigenvalue weighted by Gasteiger charge is 2.24. The van der Waals surface area contributed by atoms with Gasteiger partial charge in [0.25, 0.3) is 0 Å². The highest BCUT2D eigenvalue weighted by atomic mass is 32.1. The molecule has 0 aliphatic heterocycles. The molecule has 1 atom stereocenters. The van der Waals surface area contributed by atoms with Crippen molar-refractivity contribution in [2.75, 3.05) is 5.32 Å². The van der Waals surface area contributed by atoms with Crippen LogP contribution >= 0.6 is 22.7 Å². The van der Waals surface area contributed by atoms with Gasteiger partial charge in [-0.05, 0) is 48.3 Å². The highest BCUT2D eigenvalue weighted by Crippen LogP contribution is 2.39. The smallest absolute Gasteiger partial charge is 0.249 e. The zero-order valence-electron chi connectivity index (χ0n) is 12.6. The molecule has 0 radical (unpaired) electrons. The van der Waals surface area contributed by atoms with Crippen molar-refractivity contribution in [3.8, 4) is 0 Å². The number of aromatic carboxylic acids is 1. The topological polar surface area (TPSA) is 69.2 Å². The molecular weight excluding hydrogens is 330 g/mol. The van der Waals surface area contributed by atoms with Crippen molar-refractivity contribution in [2.24, 2.45) is 5.92 Å². The Morgan fingerprint density at radius 2 is 2.26 bits per heavy atom. The van der Waals surface area contributed by atoms with E-state index in [2.05, 4.69) is 12.2 Å². The van der Waals surface area contributed by atoms with E-state index in [-0.39, 0.29) is 11.5 Å². The van der Waals surface area contributed by atoms with Crippen LogP contribution in [0.25, 0.3) is 6.08 Å². The summed E-state index contributed by atoms with van der Waals surface area (Å²) in [5.74, 6) is -1.000. The molecule has 0 saturated heterocycles. The van der Waals surface area contributed by atoms with Crippen LogP contribution in [-0.2, 0) is 17.6 Å². The molecule has 1 unspecified atom stereocenters. The van der Waals surface area contributed by atoms with E-state index in [1.54, 1.807) is 6.08 Å². The van der Waals surface area contributed by atoms with Crippen LogP contribution in [0.4, 0.5) is 5.00 Å². The third-order valence-corrected chi connectivity index (χ3v) is 5.90. The first-order valence-electron chi connectivity index (χ1n) is 7.43. The Morgan fingerprint density at radius 3 is 2.96 bits per heavy atom. The molecule has 0 saturated carbocycles. The molecule has 23 heavy (non-hydrogen) atoms. The number of carboxylic acid groups (broad SMARTS) is 1. The zero-order valence-corrected chi connectivity index (χ0v) is 14.3. The van der Waals surface area contributed by atoms with E-state index in [0.717, 1.165) is 34.6 Å². The molecule has 2 heterocycles. The summed E-state index contributed by atoms with van der Waals surface area (Å²) in [4.78, 5) is 25.6. The largest absolute Gasteiger partial charge is 0.545 e. The van der Waals surface area contributed by atoms with E-state index in [0.29, 0.717) is 10.9 Å². The van der Waals surface area contributed by atoms with Crippen molar-refractivity contribution in [1.29, 1.82) is 0 Å². The second-order valence-corrected chi connectivity index (χ2v) is 7.77. The van der Waals surface area contributed by atoms with E-state index < -0.39 is 5.97 Å². The van der Waals surface area contributed by atoms with Gasteiger partial charge in [0.1, 0.15) is 5.00 Å². The van der Waals surface area contributed by atoms with Gasteiger partial charge in [-0.2, -0.15) is 0 Å². The molecule has 0 spiro atoms. The Hall–Kier alpha value is -1.92. The van der Waals surface area contributed by atoms with Crippen LogP contribution in [0.5, 0.6) is 0 Å². The number of fused-ring (bicyclic) bond motifs is 1. The van der Waals surface area contributed by atoms with Crippen LogP contribution in [0, 0.1) is 5.92 Å². The number of hydrogen-bond donors (Lipinski definition) is 1. The van der Waals surface area contributed by atoms with Gasteiger partial charge in [0, 0.05) is 21.4 Å². The molecule has 4 nitrogen and oxygen atoms in total. The molecule has 1 aliphatic rings. The molecule has 6 heteroatoms. The first-order chi connectivity index (χ1) is 11.0. The lowest BCUT2D eigenvalue weighted by molar-refractivity contribution is -0.254. The summed E-state index contributed by atoms with van der Waals surface area (Å²) in [6.45, 7) is 2.16. The summed E-state index contributed by atoms with van der Waals surface area (Å²) < 4.78 is 0. The molecule has 2 aromatic rings. The number of rotatable bonds is 4. The molecule has 2 aromatic heterocycles. The average Bonchev–Trinajstić information content (AvgIpc) is 3.11. The maximum absolute atomic E-state index is 12.1. The van der Waals surface area contributed by atoms with Crippen LogP contribution in [0.2, 0.25) is 0 Å². The Bertz CT molecular complexity index is 759. The van der Waals surface area contributed by atoms with Gasteiger partial charge < -0.3 is 15.2 Å². The second-order valence-electron chi connectivity index (χ2n) is 5.68. The van der Waals surface area contributed by atoms with Crippen molar-refractivity contribution in [3.05, 3.63) is 44.5 Å². The van der Waals surface area contributed by atoms with Crippen LogP contribution in [-0.4, -0.2) is 11.9 Å². The molecule has 120 valence electrons. The van der Waals surface area contributed by atoms with Gasteiger partial charge in [-0.3, -0.25) is 4.79 Å². The number of carbonyl (C=O) groups excluding carboxylic acids is 2. The molecule has 1 N–H and O–H groups in total. The Balaban J connectivity index is 1.82. The number of amides is 1. The normalized spacial score (nSPS) is 17.2. The fourth-order valence-corrected chi connectivity index (χ4v) is 4.77. The van der Waals surface area contributed by atoms with Crippen LogP contribution in [0.3, 0.4) is 0 Å². The number of carbonyl (C=O) groups is 2. The summed E-state index contributed by atoms with van der Waals surface area (Å²) in [6.07, 6.45) is 5.70. The predicted molar refractivity (Wildman–Crippen MR) is 91.8 cm³/mol. The van der Waals surface area contributed by atoms with E-state index >= 15 is 0 Å². The number of thiophene rings is 2. The van der Waals surface area contributed by atoms with Crippen LogP contribution in [0.1, 0.15) is 39.0 Å². The summed E-state index contributed by atoms with van der Waals surface area (Å²) in [5.41, 5.74) is 1.00. The van der Waals surface area contributed by atoms with Gasteiger partial charge >= 0.3 is 0 Å². The fraction of sp³-hybridized carbons (Fsp3) is 0.294. The molecule has 0 bridgehead atoms. The zero-order chi connectivity index (χ0) is 16.4. The Morgan fingerprint density at radius 1 is 1.43 bits per heavy atom. The quantitative estimate of drug-likeness (QED) is 0.866. The van der Waals surface area contributed by atoms with Crippen molar-refractivity contribution in [3.63, 3.8) is 0 Å². The average molecular weight is 346 g/mol. The molecule has 1 amide bonds. The molecule has 0 fully saturated rings. The second kappa shape index (κ2) is 6.68. The fourth-order valence-electron chi connectivity index (χ4n) is 2.75. The van der Waals surface area contributed by atoms with Crippen molar-refractivity contribution in [2.45, 2.75) is 26.2 Å². The van der Waals surface area contributed by atoms with E-state index in [4.69, 9.17) is 0 Å². The number of anilines is 1. The molecule has 1 aliphatic carbocycles. The van der Waals surface area contributed by atoms with Crippen molar-refractivity contribution in [1.82, 2.24) is 0 Å². The minimum atomic E-state index is -1.21. The van der Waals surface area contributed by atoms with Crippen LogP contribution < -0.4 is 10.4 Å². The van der Waals surface area contributed by atoms with Gasteiger partial charge in [-0.25, -0.2) is 0 Å². The minimum absolute atomic E-state index is 0.162. The number of nitrogens with one attached hydrogen (secondary N) is 1. The maximum Gasteiger partial charge on any atom is 0.249 e. The first kappa shape index (κ1) is 16.0. The van der Waals surface area contributed by atoms with Crippen molar-refractivity contribution >= 4 is 45.6 Å². The highest BCUT2D eigenvalue weighted by molar-refractivity contribution is 7.17. The van der Waals surface area contributed by atoms with Gasteiger partial charge in [-0.15, -0.1) is 22.7 Å². The molecule has 3 rings (SSSR count). The summed E-state index contributed by atoms with van der Waals surface area (Å²) >= 11 is 2.89. The van der Waals surface area contributed by atoms with Gasteiger partial charge in [0.15, 0.2) is 0 Å². The first-order valence-corrected chi connectivity index (χ1v) is 9.12. The SMILES string of the molecule is CC1CCc2c(sc(NC(=O)C=Cc3cccs3)c2C(=O)[O-])C1. The minimum Gasteiger partial charge on any atom is -0.545 e. The van der Waals surface area contributed by atoms with Crippen molar-refractivity contribution < 1.29 is 14.7 Å². The lowest BCUT2D eigenvalue weighted by atomic mass is 9.88. The Kier molecular flexibility index (Phi) is 4.63. The summed E-state index contributed by atoms with van der Waals surface area (Å²) in [6, 6.07) is 3.82. The standard InChI is InChI=1S/C17H17NO3S2/c1-10-4-6-12-13(9-10)23-16(15(12)17(20)21)18-14(19)7-5-11-3-2-8-22-11/h2-3,5,7-8,10H,4,6,9H2,1H3,(H,18,19)(H,20,21)/p-1.